The molecule has 0 unspecified atom stereocenters. The summed E-state index contributed by atoms with van der Waals surface area (Å²) in [6.45, 7) is 6.49. The summed E-state index contributed by atoms with van der Waals surface area (Å²) in [5, 5.41) is 0.582. The van der Waals surface area contributed by atoms with Crippen molar-refractivity contribution in [2.75, 3.05) is 40.0 Å². The van der Waals surface area contributed by atoms with Gasteiger partial charge in [0.1, 0.15) is 11.4 Å². The number of nitrogens with zero attached hydrogens (tertiary/aromatic N) is 4. The van der Waals surface area contributed by atoms with E-state index >= 15 is 0 Å². The molecule has 0 spiro atoms. The number of halogens is 4. The number of benzene rings is 1. The van der Waals surface area contributed by atoms with Crippen molar-refractivity contribution in [3.05, 3.63) is 41.3 Å². The van der Waals surface area contributed by atoms with Crippen molar-refractivity contribution in [1.82, 2.24) is 19.4 Å². The number of hydrogen-bond donors (Lipinski definition) is 0. The summed E-state index contributed by atoms with van der Waals surface area (Å²) < 4.78 is 54.6. The molecule has 0 radical (unpaired) electrons. The van der Waals surface area contributed by atoms with Crippen LogP contribution in [0.4, 0.5) is 13.2 Å². The van der Waals surface area contributed by atoms with E-state index in [1.165, 1.54) is 6.07 Å². The average Bonchev–Trinajstić information content (AvgIpc) is 3.24. The van der Waals surface area contributed by atoms with Crippen molar-refractivity contribution in [3.8, 4) is 17.0 Å². The highest BCUT2D eigenvalue weighted by Gasteiger charge is 2.35. The van der Waals surface area contributed by atoms with Crippen molar-refractivity contribution in [1.29, 1.82) is 0 Å². The normalized spacial score (nSPS) is 15.7. The Labute approximate surface area is 208 Å². The van der Waals surface area contributed by atoms with E-state index in [4.69, 9.17) is 21.1 Å². The number of methoxy groups -OCH3 is 1. The highest BCUT2D eigenvalue weighted by atomic mass is 35.5. The molecule has 0 amide bonds. The van der Waals surface area contributed by atoms with Gasteiger partial charge >= 0.3 is 6.18 Å². The van der Waals surface area contributed by atoms with Crippen LogP contribution in [-0.4, -0.2) is 59.4 Å². The van der Waals surface area contributed by atoms with Crippen LogP contribution in [0.15, 0.2) is 30.5 Å². The van der Waals surface area contributed by atoms with Gasteiger partial charge in [-0.3, -0.25) is 0 Å². The van der Waals surface area contributed by atoms with Crippen LogP contribution in [0.5, 0.6) is 5.75 Å². The topological polar surface area (TPSA) is 52.4 Å². The zero-order valence-electron chi connectivity index (χ0n) is 19.9. The number of piperidine rings is 1. The first-order valence-corrected chi connectivity index (χ1v) is 12.3. The zero-order chi connectivity index (χ0) is 25.0. The third kappa shape index (κ3) is 6.08. The lowest BCUT2D eigenvalue weighted by molar-refractivity contribution is -0.138. The van der Waals surface area contributed by atoms with Gasteiger partial charge in [-0.1, -0.05) is 6.92 Å². The zero-order valence-corrected chi connectivity index (χ0v) is 20.7. The lowest BCUT2D eigenvalue weighted by Gasteiger charge is -2.31. The van der Waals surface area contributed by atoms with E-state index < -0.39 is 11.7 Å². The van der Waals surface area contributed by atoms with E-state index in [-0.39, 0.29) is 17.6 Å². The molecule has 1 saturated heterocycles. The van der Waals surface area contributed by atoms with Gasteiger partial charge in [-0.25, -0.2) is 4.98 Å². The maximum Gasteiger partial charge on any atom is 0.419 e. The Kier molecular flexibility index (Phi) is 8.19. The molecule has 35 heavy (non-hydrogen) atoms. The summed E-state index contributed by atoms with van der Waals surface area (Å²) >= 11 is 6.14. The van der Waals surface area contributed by atoms with Crippen LogP contribution >= 0.6 is 11.6 Å². The lowest BCUT2D eigenvalue weighted by Crippen LogP contribution is -2.33. The molecule has 190 valence electrons. The monoisotopic (exact) mass is 510 g/mol. The summed E-state index contributed by atoms with van der Waals surface area (Å²) in [6.07, 6.45) is 0.0742. The van der Waals surface area contributed by atoms with E-state index in [2.05, 4.69) is 21.8 Å². The maximum absolute atomic E-state index is 14.0. The summed E-state index contributed by atoms with van der Waals surface area (Å²) in [4.78, 5) is 10.9. The van der Waals surface area contributed by atoms with Crippen LogP contribution in [0.25, 0.3) is 22.3 Å². The molecule has 0 aliphatic carbocycles. The molecule has 6 nitrogen and oxygen atoms in total. The van der Waals surface area contributed by atoms with Gasteiger partial charge < -0.3 is 18.9 Å². The predicted molar refractivity (Wildman–Crippen MR) is 130 cm³/mol. The molecule has 1 fully saturated rings. The van der Waals surface area contributed by atoms with Crippen molar-refractivity contribution in [2.24, 2.45) is 5.92 Å². The van der Waals surface area contributed by atoms with E-state index in [0.717, 1.165) is 45.0 Å². The highest BCUT2D eigenvalue weighted by molar-refractivity contribution is 6.28. The standard InChI is InChI=1S/C25H30ClF3N4O2/c1-3-32-10-6-17(7-11-32)9-14-35-21-5-4-18(16-20(21)25(27,28)29)22-19-8-12-33(13-15-34-2)23(19)31-24(26)30-22/h4-5,8,12,16-17H,3,6-7,9-11,13-15H2,1-2H3. The minimum Gasteiger partial charge on any atom is -0.493 e. The molecule has 1 aliphatic heterocycles. The molecule has 0 bridgehead atoms. The van der Waals surface area contributed by atoms with Crippen LogP contribution in [0, 0.1) is 5.92 Å². The predicted octanol–water partition coefficient (Wildman–Crippen LogP) is 5.92. The summed E-state index contributed by atoms with van der Waals surface area (Å²) in [7, 11) is 1.59. The van der Waals surface area contributed by atoms with Gasteiger partial charge in [0.15, 0.2) is 0 Å². The van der Waals surface area contributed by atoms with Gasteiger partial charge in [0, 0.05) is 30.8 Å². The third-order valence-electron chi connectivity index (χ3n) is 6.62. The first-order chi connectivity index (χ1) is 16.8. The Balaban J connectivity index is 1.56. The van der Waals surface area contributed by atoms with E-state index in [1.807, 2.05) is 4.57 Å². The molecule has 0 N–H and O–H groups in total. The van der Waals surface area contributed by atoms with Gasteiger partial charge in [0.2, 0.25) is 5.28 Å². The fourth-order valence-corrected chi connectivity index (χ4v) is 4.74. The van der Waals surface area contributed by atoms with Crippen LogP contribution < -0.4 is 4.74 Å². The molecule has 10 heteroatoms. The Morgan fingerprint density at radius 2 is 1.89 bits per heavy atom. The number of aromatic nitrogens is 3. The van der Waals surface area contributed by atoms with Crippen molar-refractivity contribution in [2.45, 2.75) is 38.9 Å². The van der Waals surface area contributed by atoms with Gasteiger partial charge in [-0.05, 0) is 80.7 Å². The fourth-order valence-electron chi connectivity index (χ4n) is 4.58. The Morgan fingerprint density at radius 1 is 1.11 bits per heavy atom. The van der Waals surface area contributed by atoms with Gasteiger partial charge in [-0.15, -0.1) is 0 Å². The lowest BCUT2D eigenvalue weighted by atomic mass is 9.94. The number of likely N-dealkylation sites (tertiary alicyclic amines) is 1. The van der Waals surface area contributed by atoms with Crippen LogP contribution in [0.2, 0.25) is 5.28 Å². The summed E-state index contributed by atoms with van der Waals surface area (Å²) in [5.74, 6) is 0.311. The van der Waals surface area contributed by atoms with E-state index in [1.54, 1.807) is 25.4 Å². The van der Waals surface area contributed by atoms with Crippen LogP contribution in [0.1, 0.15) is 31.7 Å². The first kappa shape index (κ1) is 25.7. The molecule has 3 aromatic rings. The molecule has 4 rings (SSSR count). The summed E-state index contributed by atoms with van der Waals surface area (Å²) in [5.41, 5.74) is 0.365. The number of rotatable bonds is 9. The van der Waals surface area contributed by atoms with Gasteiger partial charge in [-0.2, -0.15) is 18.2 Å². The second-order valence-electron chi connectivity index (χ2n) is 8.80. The molecule has 1 aromatic carbocycles. The number of hydrogen-bond acceptors (Lipinski definition) is 5. The van der Waals surface area contributed by atoms with Crippen molar-refractivity contribution in [3.63, 3.8) is 0 Å². The number of alkyl halides is 3. The number of fused-ring (bicyclic) bond motifs is 1. The van der Waals surface area contributed by atoms with Crippen molar-refractivity contribution < 1.29 is 22.6 Å². The first-order valence-electron chi connectivity index (χ1n) is 11.9. The molecule has 0 saturated carbocycles. The highest BCUT2D eigenvalue weighted by Crippen LogP contribution is 2.40. The molecule has 3 heterocycles. The Bertz CT molecular complexity index is 1140. The Morgan fingerprint density at radius 3 is 2.57 bits per heavy atom. The van der Waals surface area contributed by atoms with Crippen LogP contribution in [0.3, 0.4) is 0 Å². The average molecular weight is 511 g/mol. The van der Waals surface area contributed by atoms with E-state index in [0.29, 0.717) is 41.4 Å². The molecular weight excluding hydrogens is 481 g/mol. The molecule has 0 atom stereocenters. The van der Waals surface area contributed by atoms with Gasteiger partial charge in [0.05, 0.1) is 24.5 Å². The smallest absolute Gasteiger partial charge is 0.419 e. The van der Waals surface area contributed by atoms with Gasteiger partial charge in [0.25, 0.3) is 0 Å². The molecule has 2 aromatic heterocycles. The quantitative estimate of drug-likeness (QED) is 0.335. The molecular formula is C25H30ClF3N4O2. The SMILES string of the molecule is CCN1CCC(CCOc2ccc(-c3nc(Cl)nc4c3ccn4CCOC)cc2C(F)(F)F)CC1. The van der Waals surface area contributed by atoms with Crippen molar-refractivity contribution >= 4 is 22.6 Å². The minimum atomic E-state index is -4.57. The fraction of sp³-hybridized carbons (Fsp3) is 0.520. The third-order valence-corrected chi connectivity index (χ3v) is 6.79. The second-order valence-corrected chi connectivity index (χ2v) is 9.14. The maximum atomic E-state index is 14.0. The van der Waals surface area contributed by atoms with E-state index in [9.17, 15) is 13.2 Å². The van der Waals surface area contributed by atoms with Crippen LogP contribution in [-0.2, 0) is 17.5 Å². The minimum absolute atomic E-state index is 0.0344. The molecule has 1 aliphatic rings. The largest absolute Gasteiger partial charge is 0.493 e. The second kappa shape index (κ2) is 11.1. The summed E-state index contributed by atoms with van der Waals surface area (Å²) in [6, 6.07) is 5.83. The Hall–Kier alpha value is -2.36. The number of ether oxygens (including phenoxy) is 2.